The predicted molar refractivity (Wildman–Crippen MR) is 90.2 cm³/mol. The number of nitrogens with zero attached hydrogens (tertiary/aromatic N) is 1. The van der Waals surface area contributed by atoms with Gasteiger partial charge in [-0.05, 0) is 23.8 Å². The summed E-state index contributed by atoms with van der Waals surface area (Å²) in [6, 6.07) is 15.9. The first-order chi connectivity index (χ1) is 11.1. The second kappa shape index (κ2) is 8.01. The molecule has 0 spiro atoms. The minimum Gasteiger partial charge on any atom is -0.348 e. The van der Waals surface area contributed by atoms with Gasteiger partial charge in [0.1, 0.15) is 6.42 Å². The van der Waals surface area contributed by atoms with E-state index in [2.05, 4.69) is 23.3 Å². The normalized spacial score (nSPS) is 9.74. The van der Waals surface area contributed by atoms with Crippen LogP contribution in [0.4, 0.5) is 5.69 Å². The lowest BCUT2D eigenvalue weighted by atomic mass is 10.1. The van der Waals surface area contributed by atoms with Gasteiger partial charge >= 0.3 is 0 Å². The first-order valence-corrected chi connectivity index (χ1v) is 7.37. The van der Waals surface area contributed by atoms with Gasteiger partial charge in [-0.15, -0.1) is 12.6 Å². The van der Waals surface area contributed by atoms with Gasteiger partial charge < -0.3 is 10.6 Å². The Kier molecular flexibility index (Phi) is 5.78. The molecule has 2 amide bonds. The van der Waals surface area contributed by atoms with Crippen LogP contribution in [-0.4, -0.2) is 11.8 Å². The van der Waals surface area contributed by atoms with Crippen molar-refractivity contribution in [3.63, 3.8) is 0 Å². The van der Waals surface area contributed by atoms with E-state index in [0.717, 1.165) is 5.56 Å². The van der Waals surface area contributed by atoms with E-state index in [1.807, 2.05) is 6.07 Å². The molecule has 5 nitrogen and oxygen atoms in total. The van der Waals surface area contributed by atoms with Gasteiger partial charge in [0, 0.05) is 17.1 Å². The molecule has 0 unspecified atom stereocenters. The quantitative estimate of drug-likeness (QED) is 0.739. The molecule has 0 aliphatic rings. The number of carbonyl (C=O) groups excluding carboxylic acids is 2. The van der Waals surface area contributed by atoms with Crippen LogP contribution in [0.25, 0.3) is 0 Å². The van der Waals surface area contributed by atoms with Crippen molar-refractivity contribution in [1.29, 1.82) is 5.26 Å². The van der Waals surface area contributed by atoms with E-state index in [1.165, 1.54) is 0 Å². The van der Waals surface area contributed by atoms with Crippen molar-refractivity contribution in [1.82, 2.24) is 5.32 Å². The number of hydrogen-bond acceptors (Lipinski definition) is 4. The first kappa shape index (κ1) is 16.6. The van der Waals surface area contributed by atoms with Crippen molar-refractivity contribution in [2.75, 3.05) is 5.32 Å². The van der Waals surface area contributed by atoms with Crippen LogP contribution in [0.2, 0.25) is 0 Å². The summed E-state index contributed by atoms with van der Waals surface area (Å²) in [4.78, 5) is 24.3. The van der Waals surface area contributed by atoms with Crippen LogP contribution in [0.5, 0.6) is 0 Å². The highest BCUT2D eigenvalue weighted by molar-refractivity contribution is 7.80. The van der Waals surface area contributed by atoms with E-state index in [-0.39, 0.29) is 24.8 Å². The molecule has 0 aliphatic heterocycles. The number of amides is 2. The van der Waals surface area contributed by atoms with Gasteiger partial charge in [-0.3, -0.25) is 9.59 Å². The molecule has 0 saturated heterocycles. The summed E-state index contributed by atoms with van der Waals surface area (Å²) in [6.45, 7) is 0.254. The Balaban J connectivity index is 2.06. The number of hydrogen-bond donors (Lipinski definition) is 3. The van der Waals surface area contributed by atoms with E-state index in [1.54, 1.807) is 48.5 Å². The van der Waals surface area contributed by atoms with Crippen LogP contribution in [0, 0.1) is 11.3 Å². The third-order valence-electron chi connectivity index (χ3n) is 3.12. The molecule has 2 rings (SSSR count). The molecule has 0 aliphatic carbocycles. The van der Waals surface area contributed by atoms with Crippen molar-refractivity contribution in [2.24, 2.45) is 0 Å². The smallest absolute Gasteiger partial charge is 0.252 e. The van der Waals surface area contributed by atoms with E-state index >= 15 is 0 Å². The lowest BCUT2D eigenvalue weighted by molar-refractivity contribution is -0.115. The number of nitrogens with one attached hydrogen (secondary N) is 2. The summed E-state index contributed by atoms with van der Waals surface area (Å²) in [5.74, 6) is -0.624. The SMILES string of the molecule is N#CCC(=O)Nc1ccccc1CNC(=O)c1ccccc1S. The molecule has 23 heavy (non-hydrogen) atoms. The molecule has 2 N–H and O–H groups in total. The zero-order valence-electron chi connectivity index (χ0n) is 12.2. The number of rotatable bonds is 5. The lowest BCUT2D eigenvalue weighted by Crippen LogP contribution is -2.24. The molecular formula is C17H15N3O2S. The fourth-order valence-electron chi connectivity index (χ4n) is 2.00. The lowest BCUT2D eigenvalue weighted by Gasteiger charge is -2.12. The van der Waals surface area contributed by atoms with Gasteiger partial charge in [0.2, 0.25) is 5.91 Å². The molecule has 116 valence electrons. The minimum absolute atomic E-state index is 0.215. The van der Waals surface area contributed by atoms with E-state index in [4.69, 9.17) is 5.26 Å². The number of carbonyl (C=O) groups is 2. The Morgan fingerprint density at radius 1 is 1.09 bits per heavy atom. The molecule has 0 radical (unpaired) electrons. The highest BCUT2D eigenvalue weighted by Crippen LogP contribution is 2.16. The standard InChI is InChI=1S/C17H15N3O2S/c18-10-9-16(21)20-14-7-3-1-5-12(14)11-19-17(22)13-6-2-4-8-15(13)23/h1-8,23H,9,11H2,(H,19,22)(H,20,21). The van der Waals surface area contributed by atoms with Gasteiger partial charge in [0.05, 0.1) is 11.6 Å². The Morgan fingerprint density at radius 2 is 1.78 bits per heavy atom. The molecular weight excluding hydrogens is 310 g/mol. The van der Waals surface area contributed by atoms with Crippen molar-refractivity contribution >= 4 is 30.1 Å². The summed E-state index contributed by atoms with van der Waals surface area (Å²) >= 11 is 4.26. The molecule has 6 heteroatoms. The van der Waals surface area contributed by atoms with Crippen molar-refractivity contribution in [2.45, 2.75) is 17.9 Å². The topological polar surface area (TPSA) is 82.0 Å². The number of para-hydroxylation sites is 1. The van der Waals surface area contributed by atoms with Gasteiger partial charge in [-0.2, -0.15) is 5.26 Å². The second-order valence-electron chi connectivity index (χ2n) is 4.74. The van der Waals surface area contributed by atoms with Crippen LogP contribution in [0.15, 0.2) is 53.4 Å². The molecule has 2 aromatic carbocycles. The van der Waals surface area contributed by atoms with E-state index in [0.29, 0.717) is 16.1 Å². The van der Waals surface area contributed by atoms with Crippen LogP contribution in [0.1, 0.15) is 22.3 Å². The molecule has 0 heterocycles. The molecule has 0 aromatic heterocycles. The average molecular weight is 325 g/mol. The molecule has 0 saturated carbocycles. The van der Waals surface area contributed by atoms with Crippen LogP contribution < -0.4 is 10.6 Å². The highest BCUT2D eigenvalue weighted by atomic mass is 32.1. The largest absolute Gasteiger partial charge is 0.348 e. The molecule has 2 aromatic rings. The second-order valence-corrected chi connectivity index (χ2v) is 5.22. The number of anilines is 1. The molecule has 0 fully saturated rings. The monoisotopic (exact) mass is 325 g/mol. The fourth-order valence-corrected chi connectivity index (χ4v) is 2.26. The number of benzene rings is 2. The van der Waals surface area contributed by atoms with Crippen molar-refractivity contribution in [3.8, 4) is 6.07 Å². The maximum absolute atomic E-state index is 12.2. The molecule has 0 bridgehead atoms. The number of thiol groups is 1. The number of nitriles is 1. The Hall–Kier alpha value is -2.78. The third-order valence-corrected chi connectivity index (χ3v) is 3.51. The van der Waals surface area contributed by atoms with Gasteiger partial charge in [-0.1, -0.05) is 30.3 Å². The van der Waals surface area contributed by atoms with Crippen molar-refractivity contribution < 1.29 is 9.59 Å². The first-order valence-electron chi connectivity index (χ1n) is 6.92. The Labute approximate surface area is 139 Å². The third kappa shape index (κ3) is 4.59. The fraction of sp³-hybridized carbons (Fsp3) is 0.118. The van der Waals surface area contributed by atoms with Gasteiger partial charge in [-0.25, -0.2) is 0 Å². The Morgan fingerprint density at radius 3 is 2.52 bits per heavy atom. The van der Waals surface area contributed by atoms with Crippen LogP contribution >= 0.6 is 12.6 Å². The summed E-state index contributed by atoms with van der Waals surface area (Å²) in [5, 5.41) is 14.0. The van der Waals surface area contributed by atoms with Gasteiger partial charge in [0.15, 0.2) is 0 Å². The maximum atomic E-state index is 12.2. The zero-order valence-corrected chi connectivity index (χ0v) is 13.1. The average Bonchev–Trinajstić information content (AvgIpc) is 2.54. The minimum atomic E-state index is -0.382. The highest BCUT2D eigenvalue weighted by Gasteiger charge is 2.10. The van der Waals surface area contributed by atoms with Crippen LogP contribution in [-0.2, 0) is 11.3 Å². The van der Waals surface area contributed by atoms with E-state index < -0.39 is 0 Å². The maximum Gasteiger partial charge on any atom is 0.252 e. The Bertz CT molecular complexity index is 768. The summed E-state index contributed by atoms with van der Waals surface area (Å²) in [7, 11) is 0. The predicted octanol–water partition coefficient (Wildman–Crippen LogP) is 2.76. The van der Waals surface area contributed by atoms with Crippen LogP contribution in [0.3, 0.4) is 0 Å². The summed E-state index contributed by atoms with van der Waals surface area (Å²) in [6.07, 6.45) is -0.215. The molecule has 0 atom stereocenters. The summed E-state index contributed by atoms with van der Waals surface area (Å²) < 4.78 is 0. The summed E-state index contributed by atoms with van der Waals surface area (Å²) in [5.41, 5.74) is 1.82. The van der Waals surface area contributed by atoms with E-state index in [9.17, 15) is 9.59 Å². The van der Waals surface area contributed by atoms with Crippen molar-refractivity contribution in [3.05, 3.63) is 59.7 Å². The zero-order chi connectivity index (χ0) is 16.7. The van der Waals surface area contributed by atoms with Gasteiger partial charge in [0.25, 0.3) is 5.91 Å².